The third-order valence-electron chi connectivity index (χ3n) is 2.79. The van der Waals surface area contributed by atoms with Crippen molar-refractivity contribution in [2.45, 2.75) is 13.3 Å². The molecule has 3 aromatic rings. The van der Waals surface area contributed by atoms with Crippen LogP contribution in [0.1, 0.15) is 10.6 Å². The third-order valence-corrected chi connectivity index (χ3v) is 3.81. The van der Waals surface area contributed by atoms with Crippen molar-refractivity contribution >= 4 is 34.9 Å². The number of aromatic nitrogens is 3. The van der Waals surface area contributed by atoms with Crippen LogP contribution in [0.25, 0.3) is 11.6 Å². The molecular weight excluding hydrogens is 324 g/mol. The summed E-state index contributed by atoms with van der Waals surface area (Å²) in [4.78, 5) is 16.2. The van der Waals surface area contributed by atoms with Crippen molar-refractivity contribution < 1.29 is 9.21 Å². The van der Waals surface area contributed by atoms with Gasteiger partial charge in [0.1, 0.15) is 5.69 Å². The first-order valence-corrected chi connectivity index (χ1v) is 7.66. The molecule has 2 heterocycles. The Balaban J connectivity index is 1.64. The lowest BCUT2D eigenvalue weighted by Crippen LogP contribution is -2.14. The van der Waals surface area contributed by atoms with Gasteiger partial charge in [-0.2, -0.15) is 0 Å². The molecule has 0 saturated carbocycles. The number of carbonyl (C=O) groups is 1. The first kappa shape index (κ1) is 14.7. The predicted octanol–water partition coefficient (Wildman–Crippen LogP) is 3.34. The number of nitrogens with one attached hydrogen (secondary N) is 1. The minimum Gasteiger partial charge on any atom is -0.401 e. The molecule has 6 nitrogen and oxygen atoms in total. The molecule has 0 fully saturated rings. The van der Waals surface area contributed by atoms with Gasteiger partial charge in [0.25, 0.3) is 5.89 Å². The van der Waals surface area contributed by atoms with Crippen LogP contribution in [-0.4, -0.2) is 21.1 Å². The summed E-state index contributed by atoms with van der Waals surface area (Å²) in [7, 11) is 0. The van der Waals surface area contributed by atoms with Crippen LogP contribution < -0.4 is 5.32 Å². The Labute approximate surface area is 135 Å². The van der Waals surface area contributed by atoms with Crippen LogP contribution in [0, 0.1) is 6.92 Å². The molecule has 0 aliphatic carbocycles. The number of thiazole rings is 1. The highest BCUT2D eigenvalue weighted by molar-refractivity contribution is 7.09. The fourth-order valence-electron chi connectivity index (χ4n) is 1.79. The molecule has 2 aromatic heterocycles. The fourth-order valence-corrected chi connectivity index (χ4v) is 2.50. The number of halogens is 1. The fraction of sp³-hybridized carbons (Fsp3) is 0.143. The molecule has 0 aliphatic rings. The zero-order valence-electron chi connectivity index (χ0n) is 11.5. The zero-order valence-corrected chi connectivity index (χ0v) is 13.1. The van der Waals surface area contributed by atoms with Crippen LogP contribution in [0.5, 0.6) is 0 Å². The Morgan fingerprint density at radius 1 is 1.32 bits per heavy atom. The number of hydrogen-bond acceptors (Lipinski definition) is 6. The molecule has 1 N–H and O–H groups in total. The monoisotopic (exact) mass is 334 g/mol. The number of carbonyl (C=O) groups excluding carboxylic acids is 1. The quantitative estimate of drug-likeness (QED) is 0.791. The lowest BCUT2D eigenvalue weighted by Gasteiger charge is -2.01. The molecule has 1 amide bonds. The second-order valence-electron chi connectivity index (χ2n) is 4.52. The van der Waals surface area contributed by atoms with Gasteiger partial charge >= 0.3 is 6.01 Å². The van der Waals surface area contributed by atoms with Gasteiger partial charge in [-0.1, -0.05) is 28.8 Å². The number of hydrogen-bond donors (Lipinski definition) is 1. The Bertz CT molecular complexity index is 797. The van der Waals surface area contributed by atoms with Crippen LogP contribution in [-0.2, 0) is 11.2 Å². The van der Waals surface area contributed by atoms with Crippen molar-refractivity contribution in [1.29, 1.82) is 0 Å². The summed E-state index contributed by atoms with van der Waals surface area (Å²) in [5, 5.41) is 13.6. The maximum absolute atomic E-state index is 11.9. The molecule has 0 atom stereocenters. The average molecular weight is 335 g/mol. The lowest BCUT2D eigenvalue weighted by molar-refractivity contribution is -0.115. The van der Waals surface area contributed by atoms with E-state index in [1.807, 2.05) is 12.3 Å². The van der Waals surface area contributed by atoms with Crippen molar-refractivity contribution in [2.24, 2.45) is 0 Å². The zero-order chi connectivity index (χ0) is 15.5. The van der Waals surface area contributed by atoms with Gasteiger partial charge in [0.2, 0.25) is 5.91 Å². The van der Waals surface area contributed by atoms with Crippen molar-refractivity contribution in [1.82, 2.24) is 15.2 Å². The van der Waals surface area contributed by atoms with Gasteiger partial charge in [-0.25, -0.2) is 4.98 Å². The smallest absolute Gasteiger partial charge is 0.322 e. The van der Waals surface area contributed by atoms with E-state index in [-0.39, 0.29) is 24.2 Å². The second-order valence-corrected chi connectivity index (χ2v) is 6.01. The molecule has 0 spiro atoms. The Hall–Kier alpha value is -2.25. The lowest BCUT2D eigenvalue weighted by atomic mass is 10.1. The highest BCUT2D eigenvalue weighted by Gasteiger charge is 2.13. The van der Waals surface area contributed by atoms with Gasteiger partial charge in [0.05, 0.1) is 11.4 Å². The van der Waals surface area contributed by atoms with Crippen LogP contribution in [0.3, 0.4) is 0 Å². The van der Waals surface area contributed by atoms with E-state index in [0.29, 0.717) is 10.7 Å². The van der Waals surface area contributed by atoms with Crippen LogP contribution in [0.15, 0.2) is 34.1 Å². The number of anilines is 1. The van der Waals surface area contributed by atoms with E-state index in [1.165, 1.54) is 11.3 Å². The molecule has 0 radical (unpaired) electrons. The van der Waals surface area contributed by atoms with Crippen LogP contribution in [0.4, 0.5) is 6.01 Å². The Morgan fingerprint density at radius 2 is 2.09 bits per heavy atom. The second kappa shape index (κ2) is 6.25. The van der Waals surface area contributed by atoms with Gasteiger partial charge in [0, 0.05) is 10.4 Å². The van der Waals surface area contributed by atoms with E-state index >= 15 is 0 Å². The highest BCUT2D eigenvalue weighted by atomic mass is 35.5. The van der Waals surface area contributed by atoms with E-state index in [9.17, 15) is 4.79 Å². The SMILES string of the molecule is Cc1nc(-c2nnc(NC(=O)Cc3ccc(Cl)cc3)o2)cs1. The number of benzene rings is 1. The molecule has 112 valence electrons. The maximum atomic E-state index is 11.9. The van der Waals surface area contributed by atoms with Crippen molar-refractivity contribution in [3.8, 4) is 11.6 Å². The van der Waals surface area contributed by atoms with E-state index in [4.69, 9.17) is 16.0 Å². The minimum absolute atomic E-state index is 0.0552. The molecule has 8 heteroatoms. The van der Waals surface area contributed by atoms with Gasteiger partial charge in [-0.3, -0.25) is 10.1 Å². The van der Waals surface area contributed by atoms with Crippen molar-refractivity contribution in [3.63, 3.8) is 0 Å². The third kappa shape index (κ3) is 3.49. The van der Waals surface area contributed by atoms with E-state index < -0.39 is 0 Å². The molecule has 0 aliphatic heterocycles. The van der Waals surface area contributed by atoms with Crippen molar-refractivity contribution in [2.75, 3.05) is 5.32 Å². The van der Waals surface area contributed by atoms with Gasteiger partial charge in [-0.15, -0.1) is 16.4 Å². The first-order chi connectivity index (χ1) is 10.6. The van der Waals surface area contributed by atoms with Gasteiger partial charge in [-0.05, 0) is 24.6 Å². The topological polar surface area (TPSA) is 80.9 Å². The molecule has 0 unspecified atom stereocenters. The summed E-state index contributed by atoms with van der Waals surface area (Å²) in [6, 6.07) is 7.11. The Kier molecular flexibility index (Phi) is 4.17. The van der Waals surface area contributed by atoms with Crippen LogP contribution >= 0.6 is 22.9 Å². The number of rotatable bonds is 4. The molecule has 0 saturated heterocycles. The largest absolute Gasteiger partial charge is 0.401 e. The number of aryl methyl sites for hydroxylation is 1. The summed E-state index contributed by atoms with van der Waals surface area (Å²) < 4.78 is 5.38. The predicted molar refractivity (Wildman–Crippen MR) is 83.9 cm³/mol. The van der Waals surface area contributed by atoms with E-state index in [1.54, 1.807) is 24.3 Å². The maximum Gasteiger partial charge on any atom is 0.322 e. The van der Waals surface area contributed by atoms with Crippen LogP contribution in [0.2, 0.25) is 5.02 Å². The summed E-state index contributed by atoms with van der Waals surface area (Å²) in [6.07, 6.45) is 0.199. The van der Waals surface area contributed by atoms with Gasteiger partial charge in [0.15, 0.2) is 0 Å². The summed E-state index contributed by atoms with van der Waals surface area (Å²) in [6.45, 7) is 1.89. The normalized spacial score (nSPS) is 10.6. The summed E-state index contributed by atoms with van der Waals surface area (Å²) >= 11 is 7.29. The molecule has 0 bridgehead atoms. The molecule has 1 aromatic carbocycles. The minimum atomic E-state index is -0.244. The summed E-state index contributed by atoms with van der Waals surface area (Å²) in [5.41, 5.74) is 1.45. The molecule has 22 heavy (non-hydrogen) atoms. The number of nitrogens with zero attached hydrogens (tertiary/aromatic N) is 3. The molecule has 3 rings (SSSR count). The average Bonchev–Trinajstić information content (AvgIpc) is 3.10. The molecular formula is C14H11ClN4O2S. The van der Waals surface area contributed by atoms with E-state index in [0.717, 1.165) is 10.6 Å². The Morgan fingerprint density at radius 3 is 2.77 bits per heavy atom. The van der Waals surface area contributed by atoms with E-state index in [2.05, 4.69) is 20.5 Å². The van der Waals surface area contributed by atoms with Crippen molar-refractivity contribution in [3.05, 3.63) is 45.2 Å². The standard InChI is InChI=1S/C14H11ClN4O2S/c1-8-16-11(7-22-8)13-18-19-14(21-13)17-12(20)6-9-2-4-10(15)5-3-9/h2-5,7H,6H2,1H3,(H,17,19,20). The van der Waals surface area contributed by atoms with Gasteiger partial charge < -0.3 is 4.42 Å². The summed E-state index contributed by atoms with van der Waals surface area (Å²) in [5.74, 6) is 0.0399. The number of amides is 1. The first-order valence-electron chi connectivity index (χ1n) is 6.40. The highest BCUT2D eigenvalue weighted by Crippen LogP contribution is 2.21.